The number of hydrogen-bond acceptors (Lipinski definition) is 4. The van der Waals surface area contributed by atoms with Gasteiger partial charge in [-0.2, -0.15) is 9.57 Å². The standard InChI is InChI=1S/C13H13ClN2O4S/c1-8-4-5-16(12(8)13(17)18)21(19,20)10-3-2-9(7-15)11(14)6-10/h2-3,6,8,12H,4-5H2,1H3,(H,17,18). The summed E-state index contributed by atoms with van der Waals surface area (Å²) in [5.41, 5.74) is 0.167. The average molecular weight is 329 g/mol. The number of carboxylic acid groups (broad SMARTS) is 1. The fourth-order valence-electron chi connectivity index (χ4n) is 2.43. The molecule has 2 atom stereocenters. The SMILES string of the molecule is CC1CCN(S(=O)(=O)c2ccc(C#N)c(Cl)c2)C1C(=O)O. The first-order valence-corrected chi connectivity index (χ1v) is 8.05. The molecule has 21 heavy (non-hydrogen) atoms. The zero-order chi connectivity index (χ0) is 15.8. The molecule has 0 aliphatic carbocycles. The first-order valence-electron chi connectivity index (χ1n) is 6.23. The van der Waals surface area contributed by atoms with Gasteiger partial charge in [-0.05, 0) is 30.5 Å². The number of carbonyl (C=O) groups is 1. The summed E-state index contributed by atoms with van der Waals surface area (Å²) in [7, 11) is -3.95. The Kier molecular flexibility index (Phi) is 4.23. The highest BCUT2D eigenvalue weighted by Gasteiger charge is 2.43. The summed E-state index contributed by atoms with van der Waals surface area (Å²) in [5, 5.41) is 18.1. The number of sulfonamides is 1. The quantitative estimate of drug-likeness (QED) is 0.910. The van der Waals surface area contributed by atoms with E-state index in [2.05, 4.69) is 0 Å². The van der Waals surface area contributed by atoms with Crippen LogP contribution in [0.3, 0.4) is 0 Å². The van der Waals surface area contributed by atoms with Crippen molar-refractivity contribution in [2.75, 3.05) is 6.54 Å². The van der Waals surface area contributed by atoms with Crippen LogP contribution >= 0.6 is 11.6 Å². The first-order chi connectivity index (χ1) is 9.78. The maximum Gasteiger partial charge on any atom is 0.322 e. The Hall–Kier alpha value is -1.62. The van der Waals surface area contributed by atoms with E-state index in [1.807, 2.05) is 6.07 Å². The van der Waals surface area contributed by atoms with Gasteiger partial charge in [0.15, 0.2) is 0 Å². The van der Waals surface area contributed by atoms with Gasteiger partial charge in [0.1, 0.15) is 12.1 Å². The van der Waals surface area contributed by atoms with Gasteiger partial charge < -0.3 is 5.11 Å². The van der Waals surface area contributed by atoms with Crippen molar-refractivity contribution in [3.63, 3.8) is 0 Å². The molecule has 2 unspecified atom stereocenters. The molecule has 1 aromatic rings. The highest BCUT2D eigenvalue weighted by Crippen LogP contribution is 2.31. The maximum atomic E-state index is 12.6. The van der Waals surface area contributed by atoms with Gasteiger partial charge in [-0.25, -0.2) is 8.42 Å². The van der Waals surface area contributed by atoms with E-state index in [4.69, 9.17) is 16.9 Å². The summed E-state index contributed by atoms with van der Waals surface area (Å²) in [6.07, 6.45) is 0.486. The second-order valence-corrected chi connectivity index (χ2v) is 7.22. The van der Waals surface area contributed by atoms with E-state index in [0.717, 1.165) is 4.31 Å². The minimum absolute atomic E-state index is 0.0256. The van der Waals surface area contributed by atoms with Gasteiger partial charge in [0.2, 0.25) is 10.0 Å². The number of nitriles is 1. The van der Waals surface area contributed by atoms with E-state index in [1.54, 1.807) is 6.92 Å². The summed E-state index contributed by atoms with van der Waals surface area (Å²) < 4.78 is 26.1. The number of rotatable bonds is 3. The Morgan fingerprint density at radius 2 is 2.19 bits per heavy atom. The molecule has 2 rings (SSSR count). The minimum atomic E-state index is -3.95. The number of nitrogens with zero attached hydrogens (tertiary/aromatic N) is 2. The summed E-state index contributed by atoms with van der Waals surface area (Å²) >= 11 is 5.85. The number of benzene rings is 1. The van der Waals surface area contributed by atoms with Crippen LogP contribution in [-0.4, -0.2) is 36.4 Å². The second kappa shape index (κ2) is 5.64. The molecule has 0 amide bonds. The predicted octanol–water partition coefficient (Wildman–Crippen LogP) is 1.70. The van der Waals surface area contributed by atoms with Crippen LogP contribution in [0.4, 0.5) is 0 Å². The van der Waals surface area contributed by atoms with Crippen LogP contribution in [0.1, 0.15) is 18.9 Å². The normalized spacial score (nSPS) is 22.9. The van der Waals surface area contributed by atoms with Crippen molar-refractivity contribution in [2.24, 2.45) is 5.92 Å². The van der Waals surface area contributed by atoms with Gasteiger partial charge in [0, 0.05) is 6.54 Å². The Morgan fingerprint density at radius 1 is 1.52 bits per heavy atom. The van der Waals surface area contributed by atoms with Gasteiger partial charge in [-0.1, -0.05) is 18.5 Å². The van der Waals surface area contributed by atoms with Crippen molar-refractivity contribution < 1.29 is 18.3 Å². The molecular formula is C13H13ClN2O4S. The zero-order valence-corrected chi connectivity index (χ0v) is 12.7. The van der Waals surface area contributed by atoms with Gasteiger partial charge in [-0.15, -0.1) is 0 Å². The lowest BCUT2D eigenvalue weighted by Gasteiger charge is -2.23. The lowest BCUT2D eigenvalue weighted by atomic mass is 10.0. The molecule has 1 saturated heterocycles. The van der Waals surface area contributed by atoms with Crippen molar-refractivity contribution in [1.82, 2.24) is 4.31 Å². The van der Waals surface area contributed by atoms with Crippen LogP contribution in [0.5, 0.6) is 0 Å². The molecule has 0 spiro atoms. The largest absolute Gasteiger partial charge is 0.480 e. The van der Waals surface area contributed by atoms with E-state index in [-0.39, 0.29) is 27.9 Å². The molecule has 0 saturated carbocycles. The fraction of sp³-hybridized carbons (Fsp3) is 0.385. The van der Waals surface area contributed by atoms with Crippen molar-refractivity contribution in [3.8, 4) is 6.07 Å². The van der Waals surface area contributed by atoms with Gasteiger partial charge in [0.25, 0.3) is 0 Å². The zero-order valence-electron chi connectivity index (χ0n) is 11.2. The summed E-state index contributed by atoms with van der Waals surface area (Å²) in [4.78, 5) is 11.2. The molecule has 1 aliphatic rings. The minimum Gasteiger partial charge on any atom is -0.480 e. The third-order valence-electron chi connectivity index (χ3n) is 3.57. The van der Waals surface area contributed by atoms with E-state index >= 15 is 0 Å². The Balaban J connectivity index is 2.45. The molecule has 6 nitrogen and oxygen atoms in total. The van der Waals surface area contributed by atoms with Crippen LogP contribution in [0.15, 0.2) is 23.1 Å². The number of halogens is 1. The summed E-state index contributed by atoms with van der Waals surface area (Å²) in [5.74, 6) is -1.42. The van der Waals surface area contributed by atoms with Crippen molar-refractivity contribution in [3.05, 3.63) is 28.8 Å². The monoisotopic (exact) mass is 328 g/mol. The lowest BCUT2D eigenvalue weighted by Crippen LogP contribution is -2.42. The third kappa shape index (κ3) is 2.75. The van der Waals surface area contributed by atoms with Crippen molar-refractivity contribution in [2.45, 2.75) is 24.3 Å². The molecule has 1 fully saturated rings. The maximum absolute atomic E-state index is 12.6. The Labute approximate surface area is 127 Å². The fourth-order valence-corrected chi connectivity index (χ4v) is 4.44. The Morgan fingerprint density at radius 3 is 2.71 bits per heavy atom. The second-order valence-electron chi connectivity index (χ2n) is 4.92. The topological polar surface area (TPSA) is 98.5 Å². The van der Waals surface area contributed by atoms with E-state index in [1.165, 1.54) is 18.2 Å². The van der Waals surface area contributed by atoms with E-state index in [0.29, 0.717) is 6.42 Å². The predicted molar refractivity (Wildman–Crippen MR) is 75.3 cm³/mol. The molecule has 0 aromatic heterocycles. The van der Waals surface area contributed by atoms with Gasteiger partial charge >= 0.3 is 5.97 Å². The molecule has 1 heterocycles. The molecule has 1 aliphatic heterocycles. The van der Waals surface area contributed by atoms with Gasteiger partial charge in [0.05, 0.1) is 15.5 Å². The lowest BCUT2D eigenvalue weighted by molar-refractivity contribution is -0.141. The van der Waals surface area contributed by atoms with Crippen molar-refractivity contribution in [1.29, 1.82) is 5.26 Å². The van der Waals surface area contributed by atoms with Crippen molar-refractivity contribution >= 4 is 27.6 Å². The number of hydrogen-bond donors (Lipinski definition) is 1. The summed E-state index contributed by atoms with van der Waals surface area (Å²) in [6, 6.07) is 4.52. The molecule has 112 valence electrons. The highest BCUT2D eigenvalue weighted by atomic mass is 35.5. The van der Waals surface area contributed by atoms with Crippen LogP contribution in [0.25, 0.3) is 0 Å². The highest BCUT2D eigenvalue weighted by molar-refractivity contribution is 7.89. The van der Waals surface area contributed by atoms with Crippen LogP contribution in [0.2, 0.25) is 5.02 Å². The van der Waals surface area contributed by atoms with E-state index < -0.39 is 22.0 Å². The molecule has 0 radical (unpaired) electrons. The molecule has 1 N–H and O–H groups in total. The van der Waals surface area contributed by atoms with Crippen LogP contribution in [-0.2, 0) is 14.8 Å². The Bertz CT molecular complexity index is 726. The van der Waals surface area contributed by atoms with E-state index in [9.17, 15) is 18.3 Å². The first kappa shape index (κ1) is 15.8. The summed E-state index contributed by atoms with van der Waals surface area (Å²) in [6.45, 7) is 1.86. The smallest absolute Gasteiger partial charge is 0.322 e. The molecular weight excluding hydrogens is 316 g/mol. The number of aliphatic carboxylic acids is 1. The average Bonchev–Trinajstić information content (AvgIpc) is 2.81. The van der Waals surface area contributed by atoms with Gasteiger partial charge in [-0.3, -0.25) is 4.79 Å². The third-order valence-corrected chi connectivity index (χ3v) is 5.76. The van der Waals surface area contributed by atoms with Crippen LogP contribution < -0.4 is 0 Å². The molecule has 0 bridgehead atoms. The molecule has 8 heteroatoms. The van der Waals surface area contributed by atoms with Crippen LogP contribution in [0, 0.1) is 17.2 Å². The number of carboxylic acids is 1. The molecule has 1 aromatic carbocycles.